The van der Waals surface area contributed by atoms with Crippen molar-refractivity contribution >= 4 is 17.5 Å². The molecule has 1 saturated heterocycles. The smallest absolute Gasteiger partial charge is 0.230 e. The van der Waals surface area contributed by atoms with Gasteiger partial charge in [0.15, 0.2) is 17.3 Å². The molecule has 2 N–H and O–H groups in total. The van der Waals surface area contributed by atoms with E-state index in [1.165, 1.54) is 6.07 Å². The van der Waals surface area contributed by atoms with Crippen LogP contribution in [0, 0.1) is 17.6 Å². The highest BCUT2D eigenvalue weighted by atomic mass is 19.2. The Hall–Kier alpha value is -3.01. The number of nitrogens with zero attached hydrogens (tertiary/aromatic N) is 5. The number of ether oxygens (including phenoxy) is 1. The highest BCUT2D eigenvalue weighted by Crippen LogP contribution is 2.27. The summed E-state index contributed by atoms with van der Waals surface area (Å²) in [7, 11) is 0. The Morgan fingerprint density at radius 3 is 2.71 bits per heavy atom. The van der Waals surface area contributed by atoms with Crippen LogP contribution in [0.4, 0.5) is 20.7 Å². The maximum Gasteiger partial charge on any atom is 0.230 e. The standard InChI is InChI=1S/C24H31F2N7O/c1-15(2)18-13-29-33-22(18)30-24-31-23(33)28-12-17-8-19(25)20(26)9-21(17)34-7-5-3-4-6-32(24)14-16-10-27-11-16/h8-9,13,15-16,27H,3-7,10-12,14H2,1-2H3,(H,28,30,31). The maximum atomic E-state index is 14.0. The van der Waals surface area contributed by atoms with Gasteiger partial charge in [0.05, 0.1) is 12.8 Å². The van der Waals surface area contributed by atoms with Gasteiger partial charge in [-0.2, -0.15) is 19.6 Å². The van der Waals surface area contributed by atoms with E-state index in [0.29, 0.717) is 35.7 Å². The number of hydrogen-bond donors (Lipinski definition) is 2. The van der Waals surface area contributed by atoms with Crippen LogP contribution in [-0.4, -0.2) is 52.4 Å². The van der Waals surface area contributed by atoms with E-state index in [4.69, 9.17) is 14.7 Å². The van der Waals surface area contributed by atoms with Crippen molar-refractivity contribution in [2.24, 2.45) is 5.92 Å². The Balaban J connectivity index is 1.56. The number of nitrogens with one attached hydrogen (secondary N) is 2. The van der Waals surface area contributed by atoms with Gasteiger partial charge in [-0.05, 0) is 31.2 Å². The van der Waals surface area contributed by atoms with Crippen molar-refractivity contribution in [3.8, 4) is 5.75 Å². The van der Waals surface area contributed by atoms with Gasteiger partial charge in [0.2, 0.25) is 11.9 Å². The van der Waals surface area contributed by atoms with Gasteiger partial charge < -0.3 is 20.3 Å². The summed E-state index contributed by atoms with van der Waals surface area (Å²) in [6, 6.07) is 2.31. The first-order valence-corrected chi connectivity index (χ1v) is 12.1. The zero-order valence-electron chi connectivity index (χ0n) is 19.7. The van der Waals surface area contributed by atoms with Crippen LogP contribution in [0.25, 0.3) is 5.65 Å². The highest BCUT2D eigenvalue weighted by Gasteiger charge is 2.24. The first-order valence-electron chi connectivity index (χ1n) is 12.1. The molecule has 0 saturated carbocycles. The molecule has 2 bridgehead atoms. The van der Waals surface area contributed by atoms with Crippen LogP contribution in [0.2, 0.25) is 0 Å². The molecule has 34 heavy (non-hydrogen) atoms. The molecule has 0 spiro atoms. The second kappa shape index (κ2) is 9.69. The molecule has 10 heteroatoms. The van der Waals surface area contributed by atoms with Gasteiger partial charge in [0, 0.05) is 55.8 Å². The third kappa shape index (κ3) is 4.64. The van der Waals surface area contributed by atoms with Crippen molar-refractivity contribution in [2.75, 3.05) is 43.0 Å². The van der Waals surface area contributed by atoms with Gasteiger partial charge in [-0.3, -0.25) is 0 Å². The maximum absolute atomic E-state index is 14.0. The molecule has 2 aliphatic heterocycles. The summed E-state index contributed by atoms with van der Waals surface area (Å²) in [5.74, 6) is 0.518. The molecule has 4 heterocycles. The van der Waals surface area contributed by atoms with E-state index >= 15 is 0 Å². The molecule has 182 valence electrons. The molecular weight excluding hydrogens is 440 g/mol. The summed E-state index contributed by atoms with van der Waals surface area (Å²) < 4.78 is 35.5. The fourth-order valence-corrected chi connectivity index (χ4v) is 4.39. The van der Waals surface area contributed by atoms with Gasteiger partial charge >= 0.3 is 0 Å². The Labute approximate surface area is 197 Å². The van der Waals surface area contributed by atoms with Gasteiger partial charge in [0.1, 0.15) is 5.75 Å². The lowest BCUT2D eigenvalue weighted by molar-refractivity contribution is 0.299. The number of fused-ring (bicyclic) bond motifs is 5. The number of aromatic nitrogens is 4. The zero-order valence-corrected chi connectivity index (χ0v) is 19.7. The number of rotatable bonds is 3. The number of hydrogen-bond acceptors (Lipinski definition) is 7. The summed E-state index contributed by atoms with van der Waals surface area (Å²) in [6.45, 7) is 8.61. The van der Waals surface area contributed by atoms with E-state index in [-0.39, 0.29) is 12.5 Å². The first-order chi connectivity index (χ1) is 16.5. The van der Waals surface area contributed by atoms with Crippen LogP contribution in [-0.2, 0) is 6.54 Å². The van der Waals surface area contributed by atoms with Gasteiger partial charge in [0.25, 0.3) is 0 Å². The Morgan fingerprint density at radius 1 is 1.12 bits per heavy atom. The molecule has 0 aliphatic carbocycles. The SMILES string of the molecule is CC(C)c1cnn2c3nc(nc12)N(CC1CNC1)CCCCCOc1cc(F)c(F)cc1CN3. The monoisotopic (exact) mass is 471 g/mol. The summed E-state index contributed by atoms with van der Waals surface area (Å²) in [5.41, 5.74) is 2.32. The Morgan fingerprint density at radius 2 is 1.94 bits per heavy atom. The minimum atomic E-state index is -0.915. The molecule has 5 rings (SSSR count). The molecule has 8 nitrogen and oxygen atoms in total. The number of benzene rings is 1. The minimum Gasteiger partial charge on any atom is -0.493 e. The average molecular weight is 472 g/mol. The second-order valence-corrected chi connectivity index (χ2v) is 9.44. The van der Waals surface area contributed by atoms with Gasteiger partial charge in [-0.1, -0.05) is 13.8 Å². The molecule has 3 aromatic rings. The summed E-state index contributed by atoms with van der Waals surface area (Å²) in [5, 5.41) is 11.1. The minimum absolute atomic E-state index is 0.210. The average Bonchev–Trinajstić information content (AvgIpc) is 3.21. The van der Waals surface area contributed by atoms with Crippen LogP contribution in [0.1, 0.15) is 50.2 Å². The largest absolute Gasteiger partial charge is 0.493 e. The van der Waals surface area contributed by atoms with Crippen molar-refractivity contribution < 1.29 is 13.5 Å². The third-order valence-corrected chi connectivity index (χ3v) is 6.50. The lowest BCUT2D eigenvalue weighted by Gasteiger charge is -2.33. The van der Waals surface area contributed by atoms with E-state index in [2.05, 4.69) is 34.5 Å². The second-order valence-electron chi connectivity index (χ2n) is 9.44. The van der Waals surface area contributed by atoms with E-state index < -0.39 is 11.6 Å². The van der Waals surface area contributed by atoms with Crippen LogP contribution in [0.5, 0.6) is 5.75 Å². The van der Waals surface area contributed by atoms with Crippen LogP contribution in [0.15, 0.2) is 18.3 Å². The molecule has 0 unspecified atom stereocenters. The first kappa shape index (κ1) is 22.8. The van der Waals surface area contributed by atoms with Gasteiger partial charge in [-0.25, -0.2) is 8.78 Å². The quantitative estimate of drug-likeness (QED) is 0.603. The fraction of sp³-hybridized carbons (Fsp3) is 0.542. The van der Waals surface area contributed by atoms with Crippen molar-refractivity contribution in [3.05, 3.63) is 41.1 Å². The highest BCUT2D eigenvalue weighted by molar-refractivity contribution is 5.56. The Kier molecular flexibility index (Phi) is 6.49. The van der Waals surface area contributed by atoms with Crippen molar-refractivity contribution in [1.29, 1.82) is 0 Å². The molecular formula is C24H31F2N7O. The predicted octanol–water partition coefficient (Wildman–Crippen LogP) is 3.73. The molecule has 0 radical (unpaired) electrons. The van der Waals surface area contributed by atoms with Gasteiger partial charge in [-0.15, -0.1) is 0 Å². The molecule has 2 aliphatic rings. The van der Waals surface area contributed by atoms with Crippen molar-refractivity contribution in [2.45, 2.75) is 45.6 Å². The molecule has 1 aromatic carbocycles. The van der Waals surface area contributed by atoms with E-state index in [1.54, 1.807) is 4.52 Å². The lowest BCUT2D eigenvalue weighted by atomic mass is 10.0. The summed E-state index contributed by atoms with van der Waals surface area (Å²) >= 11 is 0. The molecule has 1 fully saturated rings. The predicted molar refractivity (Wildman–Crippen MR) is 126 cm³/mol. The van der Waals surface area contributed by atoms with E-state index in [0.717, 1.165) is 62.7 Å². The summed E-state index contributed by atoms with van der Waals surface area (Å²) in [6.07, 6.45) is 4.57. The van der Waals surface area contributed by atoms with Crippen LogP contribution >= 0.6 is 0 Å². The topological polar surface area (TPSA) is 79.6 Å². The van der Waals surface area contributed by atoms with E-state index in [1.807, 2.05) is 6.20 Å². The zero-order chi connectivity index (χ0) is 23.7. The lowest BCUT2D eigenvalue weighted by Crippen LogP contribution is -2.49. The normalized spacial score (nSPS) is 17.6. The number of anilines is 2. The van der Waals surface area contributed by atoms with E-state index in [9.17, 15) is 8.78 Å². The summed E-state index contributed by atoms with van der Waals surface area (Å²) in [4.78, 5) is 12.0. The van der Waals surface area contributed by atoms with Crippen LogP contribution < -0.4 is 20.3 Å². The van der Waals surface area contributed by atoms with Crippen LogP contribution in [0.3, 0.4) is 0 Å². The Bertz CT molecular complexity index is 1160. The van der Waals surface area contributed by atoms with Crippen molar-refractivity contribution in [1.82, 2.24) is 24.9 Å². The molecule has 0 amide bonds. The number of halogens is 2. The molecule has 0 atom stereocenters. The molecule has 2 aromatic heterocycles. The fourth-order valence-electron chi connectivity index (χ4n) is 4.39. The third-order valence-electron chi connectivity index (χ3n) is 6.50. The van der Waals surface area contributed by atoms with Crippen molar-refractivity contribution in [3.63, 3.8) is 0 Å².